The molecule has 0 spiro atoms. The number of hydrogen-bond donors (Lipinski definition) is 2. The first-order valence-corrected chi connectivity index (χ1v) is 3.13. The highest BCUT2D eigenvalue weighted by molar-refractivity contribution is 4.86. The quantitative estimate of drug-likeness (QED) is 0.411. The molecule has 0 bridgehead atoms. The maximum atomic E-state index is 8.95. The molecule has 0 aliphatic carbocycles. The van der Waals surface area contributed by atoms with E-state index in [0.717, 1.165) is 6.42 Å². The molecule has 2 N–H and O–H groups in total. The maximum Gasteiger partial charge on any atom is 0.0662 e. The molecule has 9 heavy (non-hydrogen) atoms. The third-order valence-electron chi connectivity index (χ3n) is 1.08. The number of nitrogens with one attached hydrogen (secondary N) is 1. The van der Waals surface area contributed by atoms with Crippen LogP contribution in [-0.2, 0) is 0 Å². The fraction of sp³-hybridized carbons (Fsp3) is 0.714. The van der Waals surface area contributed by atoms with Crippen LogP contribution < -0.4 is 5.32 Å². The molecular formula is C7H13NO. The van der Waals surface area contributed by atoms with Crippen molar-refractivity contribution in [1.29, 1.82) is 0 Å². The number of rotatable bonds is 4. The number of terminal acetylenes is 1. The highest BCUT2D eigenvalue weighted by Crippen LogP contribution is 1.84. The van der Waals surface area contributed by atoms with E-state index in [2.05, 4.69) is 11.2 Å². The fourth-order valence-electron chi connectivity index (χ4n) is 0.455. The Hall–Kier alpha value is -0.520. The normalized spacial score (nSPS) is 12.6. The molecule has 0 aromatic carbocycles. The summed E-state index contributed by atoms with van der Waals surface area (Å²) in [4.78, 5) is 0. The molecule has 0 fully saturated rings. The average molecular weight is 127 g/mol. The first kappa shape index (κ1) is 8.48. The van der Waals surface area contributed by atoms with Crippen LogP contribution in [0, 0.1) is 12.3 Å². The van der Waals surface area contributed by atoms with Gasteiger partial charge in [-0.25, -0.2) is 0 Å². The van der Waals surface area contributed by atoms with Crippen molar-refractivity contribution in [2.45, 2.75) is 19.4 Å². The molecule has 0 unspecified atom stereocenters. The van der Waals surface area contributed by atoms with Gasteiger partial charge in [-0.3, -0.25) is 0 Å². The predicted molar refractivity (Wildman–Crippen MR) is 38.0 cm³/mol. The Bertz CT molecular complexity index is 95.6. The van der Waals surface area contributed by atoms with E-state index in [1.54, 1.807) is 0 Å². The van der Waals surface area contributed by atoms with Crippen LogP contribution in [0.25, 0.3) is 0 Å². The minimum atomic E-state index is -0.252. The lowest BCUT2D eigenvalue weighted by Crippen LogP contribution is -2.26. The zero-order valence-electron chi connectivity index (χ0n) is 5.72. The van der Waals surface area contributed by atoms with Crippen LogP contribution in [0.3, 0.4) is 0 Å². The van der Waals surface area contributed by atoms with Crippen LogP contribution in [-0.4, -0.2) is 24.3 Å². The summed E-state index contributed by atoms with van der Waals surface area (Å²) in [5.74, 6) is 2.42. The standard InChI is InChI=1S/C7H13NO/c1-3-5-8-6-7(9)4-2/h1,7-9H,4-6H2,2H3/t7-/m1/s1. The van der Waals surface area contributed by atoms with Crippen molar-refractivity contribution >= 4 is 0 Å². The number of hydrogen-bond acceptors (Lipinski definition) is 2. The van der Waals surface area contributed by atoms with Gasteiger partial charge < -0.3 is 10.4 Å². The Balaban J connectivity index is 2.99. The van der Waals surface area contributed by atoms with Crippen molar-refractivity contribution in [3.8, 4) is 12.3 Å². The third-order valence-corrected chi connectivity index (χ3v) is 1.08. The van der Waals surface area contributed by atoms with Gasteiger partial charge in [0.15, 0.2) is 0 Å². The van der Waals surface area contributed by atoms with Crippen molar-refractivity contribution in [3.05, 3.63) is 0 Å². The molecule has 0 heterocycles. The van der Waals surface area contributed by atoms with Crippen LogP contribution in [0.15, 0.2) is 0 Å². The highest BCUT2D eigenvalue weighted by atomic mass is 16.3. The summed E-state index contributed by atoms with van der Waals surface area (Å²) < 4.78 is 0. The van der Waals surface area contributed by atoms with Crippen molar-refractivity contribution in [2.24, 2.45) is 0 Å². The summed E-state index contributed by atoms with van der Waals surface area (Å²) in [5, 5.41) is 11.9. The molecule has 0 aromatic heterocycles. The van der Waals surface area contributed by atoms with E-state index in [4.69, 9.17) is 11.5 Å². The van der Waals surface area contributed by atoms with Gasteiger partial charge >= 0.3 is 0 Å². The molecule has 0 amide bonds. The SMILES string of the molecule is C#CCNC[C@H](O)CC. The van der Waals surface area contributed by atoms with Crippen molar-refractivity contribution < 1.29 is 5.11 Å². The van der Waals surface area contributed by atoms with Crippen molar-refractivity contribution in [2.75, 3.05) is 13.1 Å². The summed E-state index contributed by atoms with van der Waals surface area (Å²) in [6.07, 6.45) is 5.49. The fourth-order valence-corrected chi connectivity index (χ4v) is 0.455. The molecule has 52 valence electrons. The molecule has 0 aliphatic heterocycles. The molecule has 2 nitrogen and oxygen atoms in total. The lowest BCUT2D eigenvalue weighted by molar-refractivity contribution is 0.169. The molecule has 0 aliphatic rings. The molecule has 0 saturated carbocycles. The smallest absolute Gasteiger partial charge is 0.0662 e. The molecule has 0 aromatic rings. The van der Waals surface area contributed by atoms with Crippen molar-refractivity contribution in [3.63, 3.8) is 0 Å². The van der Waals surface area contributed by atoms with Gasteiger partial charge in [-0.15, -0.1) is 6.42 Å². The summed E-state index contributed by atoms with van der Waals surface area (Å²) in [7, 11) is 0. The maximum absolute atomic E-state index is 8.95. The Labute approximate surface area is 56.3 Å². The van der Waals surface area contributed by atoms with Gasteiger partial charge in [0.1, 0.15) is 0 Å². The van der Waals surface area contributed by atoms with Gasteiger partial charge in [0.2, 0.25) is 0 Å². The predicted octanol–water partition coefficient (Wildman–Crippen LogP) is -0.0199. The van der Waals surface area contributed by atoms with Gasteiger partial charge in [-0.05, 0) is 6.42 Å². The number of aliphatic hydroxyl groups is 1. The molecule has 2 heteroatoms. The zero-order chi connectivity index (χ0) is 7.11. The molecule has 0 radical (unpaired) electrons. The lowest BCUT2D eigenvalue weighted by atomic mass is 10.3. The van der Waals surface area contributed by atoms with E-state index in [-0.39, 0.29) is 6.10 Å². The van der Waals surface area contributed by atoms with Gasteiger partial charge in [0, 0.05) is 6.54 Å². The van der Waals surface area contributed by atoms with E-state index < -0.39 is 0 Å². The molecule has 0 saturated heterocycles. The Morgan fingerprint density at radius 3 is 2.89 bits per heavy atom. The summed E-state index contributed by atoms with van der Waals surface area (Å²) in [6.45, 7) is 3.07. The van der Waals surface area contributed by atoms with Crippen LogP contribution in [0.4, 0.5) is 0 Å². The van der Waals surface area contributed by atoms with Gasteiger partial charge in [-0.1, -0.05) is 12.8 Å². The second-order valence-electron chi connectivity index (χ2n) is 1.90. The first-order valence-electron chi connectivity index (χ1n) is 3.13. The Kier molecular flexibility index (Phi) is 5.29. The topological polar surface area (TPSA) is 32.3 Å². The van der Waals surface area contributed by atoms with Crippen LogP contribution >= 0.6 is 0 Å². The summed E-state index contributed by atoms with van der Waals surface area (Å²) >= 11 is 0. The Morgan fingerprint density at radius 2 is 2.44 bits per heavy atom. The molecular weight excluding hydrogens is 114 g/mol. The van der Waals surface area contributed by atoms with Gasteiger partial charge in [0.25, 0.3) is 0 Å². The monoisotopic (exact) mass is 127 g/mol. The van der Waals surface area contributed by atoms with E-state index in [9.17, 15) is 0 Å². The minimum Gasteiger partial charge on any atom is -0.392 e. The van der Waals surface area contributed by atoms with E-state index >= 15 is 0 Å². The number of aliphatic hydroxyl groups excluding tert-OH is 1. The summed E-state index contributed by atoms with van der Waals surface area (Å²) in [6, 6.07) is 0. The summed E-state index contributed by atoms with van der Waals surface area (Å²) in [5.41, 5.74) is 0. The second kappa shape index (κ2) is 5.61. The lowest BCUT2D eigenvalue weighted by Gasteiger charge is -2.05. The zero-order valence-corrected chi connectivity index (χ0v) is 5.72. The van der Waals surface area contributed by atoms with Crippen LogP contribution in [0.2, 0.25) is 0 Å². The Morgan fingerprint density at radius 1 is 1.78 bits per heavy atom. The highest BCUT2D eigenvalue weighted by Gasteiger charge is 1.96. The van der Waals surface area contributed by atoms with E-state index in [1.807, 2.05) is 6.92 Å². The largest absolute Gasteiger partial charge is 0.392 e. The third kappa shape index (κ3) is 5.35. The van der Waals surface area contributed by atoms with Crippen LogP contribution in [0.1, 0.15) is 13.3 Å². The first-order chi connectivity index (χ1) is 4.31. The van der Waals surface area contributed by atoms with Gasteiger partial charge in [0.05, 0.1) is 12.6 Å². The molecule has 0 rings (SSSR count). The van der Waals surface area contributed by atoms with Crippen molar-refractivity contribution in [1.82, 2.24) is 5.32 Å². The van der Waals surface area contributed by atoms with E-state index in [1.165, 1.54) is 0 Å². The van der Waals surface area contributed by atoms with Crippen LogP contribution in [0.5, 0.6) is 0 Å². The minimum absolute atomic E-state index is 0.252. The molecule has 1 atom stereocenters. The van der Waals surface area contributed by atoms with Gasteiger partial charge in [-0.2, -0.15) is 0 Å². The second-order valence-corrected chi connectivity index (χ2v) is 1.90. The average Bonchev–Trinajstić information content (AvgIpc) is 1.89. The van der Waals surface area contributed by atoms with E-state index in [0.29, 0.717) is 13.1 Å².